The number of nitrogens with one attached hydrogen (secondary N) is 2. The van der Waals surface area contributed by atoms with Crippen molar-refractivity contribution in [1.29, 1.82) is 0 Å². The van der Waals surface area contributed by atoms with Crippen molar-refractivity contribution < 1.29 is 23.0 Å². The maximum absolute atomic E-state index is 14.1. The molecule has 2 N–H and O–H groups in total. The molecule has 7 nitrogen and oxygen atoms in total. The minimum atomic E-state index is -0.600. The zero-order chi connectivity index (χ0) is 24.4. The van der Waals surface area contributed by atoms with Gasteiger partial charge < -0.3 is 24.7 Å². The Morgan fingerprint density at radius 2 is 1.94 bits per heavy atom. The van der Waals surface area contributed by atoms with Crippen molar-refractivity contribution in [2.75, 3.05) is 25.1 Å². The van der Waals surface area contributed by atoms with E-state index in [9.17, 15) is 18.4 Å². The first-order chi connectivity index (χ1) is 16.2. The van der Waals surface area contributed by atoms with E-state index < -0.39 is 23.7 Å². The molecule has 2 aromatic carbocycles. The SMILES string of the molecule is CC1OCC(CN(C(=O)Nc2ccc(F)c(Cl)c2)[C@H](C)c2c[nH]c(=O)c3ccc(F)cc23)CO1. The molecular formula is C24H24ClF2N3O4. The van der Waals surface area contributed by atoms with E-state index in [1.54, 1.807) is 18.7 Å². The number of aromatic amines is 1. The normalized spacial score (nSPS) is 19.1. The lowest BCUT2D eigenvalue weighted by Gasteiger charge is -2.35. The van der Waals surface area contributed by atoms with E-state index in [4.69, 9.17) is 21.1 Å². The molecule has 1 aliphatic heterocycles. The molecule has 3 aromatic rings. The Morgan fingerprint density at radius 1 is 1.21 bits per heavy atom. The molecule has 0 saturated carbocycles. The number of aromatic nitrogens is 1. The molecule has 1 aliphatic rings. The number of fused-ring (bicyclic) bond motifs is 1. The topological polar surface area (TPSA) is 83.7 Å². The van der Waals surface area contributed by atoms with Crippen molar-refractivity contribution in [3.63, 3.8) is 0 Å². The predicted molar refractivity (Wildman–Crippen MR) is 125 cm³/mol. The Bertz CT molecular complexity index is 1260. The third-order valence-corrected chi connectivity index (χ3v) is 6.12. The van der Waals surface area contributed by atoms with Gasteiger partial charge in [-0.15, -0.1) is 0 Å². The van der Waals surface area contributed by atoms with Crippen LogP contribution in [0.25, 0.3) is 10.8 Å². The van der Waals surface area contributed by atoms with Crippen LogP contribution in [0, 0.1) is 17.6 Å². The number of H-pyrrole nitrogens is 1. The Labute approximate surface area is 199 Å². The zero-order valence-corrected chi connectivity index (χ0v) is 19.4. The minimum Gasteiger partial charge on any atom is -0.353 e. The van der Waals surface area contributed by atoms with Gasteiger partial charge in [-0.1, -0.05) is 11.6 Å². The number of ether oxygens (including phenoxy) is 2. The highest BCUT2D eigenvalue weighted by Crippen LogP contribution is 2.29. The number of hydrogen-bond acceptors (Lipinski definition) is 4. The summed E-state index contributed by atoms with van der Waals surface area (Å²) in [5, 5.41) is 3.34. The fourth-order valence-electron chi connectivity index (χ4n) is 3.97. The summed E-state index contributed by atoms with van der Waals surface area (Å²) in [4.78, 5) is 29.9. The summed E-state index contributed by atoms with van der Waals surface area (Å²) in [6.45, 7) is 4.61. The fourth-order valence-corrected chi connectivity index (χ4v) is 4.16. The molecule has 0 spiro atoms. The first kappa shape index (κ1) is 24.1. The third kappa shape index (κ3) is 5.22. The molecule has 1 aromatic heterocycles. The van der Waals surface area contributed by atoms with E-state index in [0.29, 0.717) is 35.2 Å². The van der Waals surface area contributed by atoms with Crippen LogP contribution in [0.4, 0.5) is 19.3 Å². The monoisotopic (exact) mass is 491 g/mol. The van der Waals surface area contributed by atoms with Gasteiger partial charge in [0.1, 0.15) is 11.6 Å². The summed E-state index contributed by atoms with van der Waals surface area (Å²) >= 11 is 5.86. The zero-order valence-electron chi connectivity index (χ0n) is 18.6. The molecule has 0 unspecified atom stereocenters. The van der Waals surface area contributed by atoms with Crippen LogP contribution in [0.15, 0.2) is 47.4 Å². The molecule has 1 fully saturated rings. The number of benzene rings is 2. The average Bonchev–Trinajstić information content (AvgIpc) is 2.81. The summed E-state index contributed by atoms with van der Waals surface area (Å²) in [5.41, 5.74) is 0.522. The molecule has 0 aliphatic carbocycles. The Hall–Kier alpha value is -3.01. The second-order valence-electron chi connectivity index (χ2n) is 8.25. The van der Waals surface area contributed by atoms with Crippen LogP contribution >= 0.6 is 11.6 Å². The van der Waals surface area contributed by atoms with Crippen molar-refractivity contribution >= 4 is 34.1 Å². The number of hydrogen-bond donors (Lipinski definition) is 2. The van der Waals surface area contributed by atoms with Gasteiger partial charge in [-0.3, -0.25) is 4.79 Å². The molecular weight excluding hydrogens is 468 g/mol. The van der Waals surface area contributed by atoms with Crippen molar-refractivity contribution in [3.05, 3.63) is 75.2 Å². The molecule has 34 heavy (non-hydrogen) atoms. The standard InChI is InChI=1S/C24H24ClF2N3O4/c1-13(20-9-28-23(31)18-5-3-16(26)7-19(18)20)30(10-15-11-33-14(2)34-12-15)24(32)29-17-4-6-22(27)21(25)8-17/h3-9,13-15H,10-12H2,1-2H3,(H,28,31)(H,29,32)/t13-,14?,15?/m1/s1. The molecule has 0 bridgehead atoms. The van der Waals surface area contributed by atoms with Crippen molar-refractivity contribution in [3.8, 4) is 0 Å². The van der Waals surface area contributed by atoms with Crippen LogP contribution in [0.1, 0.15) is 25.5 Å². The highest BCUT2D eigenvalue weighted by Gasteiger charge is 2.29. The lowest BCUT2D eigenvalue weighted by Crippen LogP contribution is -2.44. The van der Waals surface area contributed by atoms with Gasteiger partial charge in [0.25, 0.3) is 5.56 Å². The highest BCUT2D eigenvalue weighted by atomic mass is 35.5. The number of urea groups is 1. The first-order valence-corrected chi connectivity index (χ1v) is 11.2. The van der Waals surface area contributed by atoms with E-state index >= 15 is 0 Å². The van der Waals surface area contributed by atoms with Crippen molar-refractivity contribution in [2.45, 2.75) is 26.2 Å². The molecule has 10 heteroatoms. The van der Waals surface area contributed by atoms with Crippen LogP contribution in [-0.4, -0.2) is 42.0 Å². The largest absolute Gasteiger partial charge is 0.353 e. The molecule has 0 radical (unpaired) electrons. The third-order valence-electron chi connectivity index (χ3n) is 5.83. The molecule has 180 valence electrons. The smallest absolute Gasteiger partial charge is 0.322 e. The molecule has 4 rings (SSSR count). The molecule has 2 amide bonds. The van der Waals surface area contributed by atoms with Gasteiger partial charge >= 0.3 is 6.03 Å². The number of pyridine rings is 1. The predicted octanol–water partition coefficient (Wildman–Crippen LogP) is 5.06. The van der Waals surface area contributed by atoms with Crippen molar-refractivity contribution in [1.82, 2.24) is 9.88 Å². The first-order valence-electron chi connectivity index (χ1n) is 10.8. The van der Waals surface area contributed by atoms with Crippen LogP contribution in [0.2, 0.25) is 5.02 Å². The number of anilines is 1. The number of rotatable bonds is 5. The molecule has 1 atom stereocenters. The van der Waals surface area contributed by atoms with E-state index in [0.717, 1.165) is 6.07 Å². The number of nitrogens with zero attached hydrogens (tertiary/aromatic N) is 1. The number of amides is 2. The maximum atomic E-state index is 14.1. The lowest BCUT2D eigenvalue weighted by atomic mass is 10.00. The van der Waals surface area contributed by atoms with Gasteiger partial charge in [0.2, 0.25) is 0 Å². The Balaban J connectivity index is 1.68. The summed E-state index contributed by atoms with van der Waals surface area (Å²) < 4.78 is 38.8. The van der Waals surface area contributed by atoms with E-state index in [2.05, 4.69) is 10.3 Å². The molecule has 1 saturated heterocycles. The highest BCUT2D eigenvalue weighted by molar-refractivity contribution is 6.31. The molecule has 2 heterocycles. The second kappa shape index (κ2) is 10.1. The summed E-state index contributed by atoms with van der Waals surface area (Å²) in [6.07, 6.45) is 1.16. The van der Waals surface area contributed by atoms with Crippen LogP contribution in [0.5, 0.6) is 0 Å². The summed E-state index contributed by atoms with van der Waals surface area (Å²) in [5.74, 6) is -1.21. The fraction of sp³-hybridized carbons (Fsp3) is 0.333. The quantitative estimate of drug-likeness (QED) is 0.522. The number of carbonyl (C=O) groups excluding carboxylic acids is 1. The van der Waals surface area contributed by atoms with Gasteiger partial charge in [-0.2, -0.15) is 0 Å². The minimum absolute atomic E-state index is 0.119. The van der Waals surface area contributed by atoms with Gasteiger partial charge in [0.05, 0.1) is 24.3 Å². The van der Waals surface area contributed by atoms with Crippen LogP contribution in [0.3, 0.4) is 0 Å². The maximum Gasteiger partial charge on any atom is 0.322 e. The van der Waals surface area contributed by atoms with E-state index in [1.807, 2.05) is 0 Å². The number of carbonyl (C=O) groups is 1. The Kier molecular flexibility index (Phi) is 7.16. The van der Waals surface area contributed by atoms with E-state index in [-0.39, 0.29) is 29.3 Å². The Morgan fingerprint density at radius 3 is 2.65 bits per heavy atom. The lowest BCUT2D eigenvalue weighted by molar-refractivity contribution is -0.192. The summed E-state index contributed by atoms with van der Waals surface area (Å²) in [7, 11) is 0. The average molecular weight is 492 g/mol. The van der Waals surface area contributed by atoms with E-state index in [1.165, 1.54) is 36.5 Å². The van der Waals surface area contributed by atoms with Gasteiger partial charge in [0, 0.05) is 29.7 Å². The second-order valence-corrected chi connectivity index (χ2v) is 8.66. The van der Waals surface area contributed by atoms with Gasteiger partial charge in [0.15, 0.2) is 6.29 Å². The van der Waals surface area contributed by atoms with Gasteiger partial charge in [-0.05, 0) is 61.2 Å². The van der Waals surface area contributed by atoms with Crippen LogP contribution in [-0.2, 0) is 9.47 Å². The number of halogens is 3. The van der Waals surface area contributed by atoms with Crippen LogP contribution < -0.4 is 10.9 Å². The summed E-state index contributed by atoms with van der Waals surface area (Å²) in [6, 6.07) is 6.73. The van der Waals surface area contributed by atoms with Gasteiger partial charge in [-0.25, -0.2) is 13.6 Å². The van der Waals surface area contributed by atoms with Crippen molar-refractivity contribution in [2.24, 2.45) is 5.92 Å².